The number of aryl methyl sites for hydroxylation is 2. The number of aromatic nitrogens is 2. The van der Waals surface area contributed by atoms with Gasteiger partial charge < -0.3 is 19.9 Å². The first-order valence-electron chi connectivity index (χ1n) is 9.64. The molecule has 2 amide bonds. The summed E-state index contributed by atoms with van der Waals surface area (Å²) in [6, 6.07) is 9.49. The van der Waals surface area contributed by atoms with Gasteiger partial charge in [-0.25, -0.2) is 0 Å². The van der Waals surface area contributed by atoms with Gasteiger partial charge in [-0.3, -0.25) is 9.59 Å². The molecule has 1 saturated heterocycles. The van der Waals surface area contributed by atoms with Crippen molar-refractivity contribution < 1.29 is 18.8 Å². The number of carbonyl (C=O) groups is 2. The van der Waals surface area contributed by atoms with E-state index in [2.05, 4.69) is 10.1 Å². The molecule has 1 aromatic heterocycles. The third-order valence-corrected chi connectivity index (χ3v) is 4.89. The Hall–Kier alpha value is -2.90. The molecule has 0 spiro atoms. The first kappa shape index (κ1) is 19.9. The van der Waals surface area contributed by atoms with Gasteiger partial charge in [0.05, 0.1) is 0 Å². The highest BCUT2D eigenvalue weighted by atomic mass is 16.5. The third kappa shape index (κ3) is 5.31. The molecule has 1 aliphatic heterocycles. The van der Waals surface area contributed by atoms with Crippen LogP contribution >= 0.6 is 0 Å². The fourth-order valence-corrected chi connectivity index (χ4v) is 3.43. The monoisotopic (exact) mass is 386 g/mol. The van der Waals surface area contributed by atoms with Crippen LogP contribution in [-0.2, 0) is 22.4 Å². The lowest BCUT2D eigenvalue weighted by Crippen LogP contribution is -2.49. The van der Waals surface area contributed by atoms with Gasteiger partial charge in [0, 0.05) is 51.1 Å². The topological polar surface area (TPSA) is 112 Å². The SMILES string of the molecule is CCc1noc(CCC(=O)N2CC[C@H](Oc3ccccc3)[C@@H](CC(N)=O)C2)n1. The van der Waals surface area contributed by atoms with Gasteiger partial charge in [0.2, 0.25) is 17.7 Å². The van der Waals surface area contributed by atoms with Gasteiger partial charge >= 0.3 is 0 Å². The van der Waals surface area contributed by atoms with Crippen molar-refractivity contribution in [2.24, 2.45) is 11.7 Å². The fraction of sp³-hybridized carbons (Fsp3) is 0.500. The van der Waals surface area contributed by atoms with Crippen molar-refractivity contribution >= 4 is 11.8 Å². The van der Waals surface area contributed by atoms with E-state index in [0.29, 0.717) is 50.5 Å². The normalized spacial score (nSPS) is 19.4. The molecule has 2 aromatic rings. The molecule has 0 radical (unpaired) electrons. The minimum atomic E-state index is -0.390. The number of hydrogen-bond acceptors (Lipinski definition) is 6. The fourth-order valence-electron chi connectivity index (χ4n) is 3.43. The maximum Gasteiger partial charge on any atom is 0.227 e. The summed E-state index contributed by atoms with van der Waals surface area (Å²) in [6.45, 7) is 2.97. The average molecular weight is 386 g/mol. The molecule has 150 valence electrons. The average Bonchev–Trinajstić information content (AvgIpc) is 3.16. The number of likely N-dealkylation sites (tertiary alicyclic amines) is 1. The number of benzene rings is 1. The molecule has 2 N–H and O–H groups in total. The van der Waals surface area contributed by atoms with Gasteiger partial charge in [0.15, 0.2) is 5.82 Å². The summed E-state index contributed by atoms with van der Waals surface area (Å²) in [5.74, 6) is 1.35. The van der Waals surface area contributed by atoms with Gasteiger partial charge in [0.1, 0.15) is 11.9 Å². The van der Waals surface area contributed by atoms with E-state index in [1.54, 1.807) is 4.90 Å². The number of hydrogen-bond donors (Lipinski definition) is 1. The number of ether oxygens (including phenoxy) is 1. The van der Waals surface area contributed by atoms with Crippen molar-refractivity contribution in [1.82, 2.24) is 15.0 Å². The van der Waals surface area contributed by atoms with Gasteiger partial charge in [0.25, 0.3) is 0 Å². The molecule has 8 heteroatoms. The van der Waals surface area contributed by atoms with E-state index in [0.717, 1.165) is 5.75 Å². The molecule has 2 atom stereocenters. The van der Waals surface area contributed by atoms with Crippen LogP contribution in [0.15, 0.2) is 34.9 Å². The largest absolute Gasteiger partial charge is 0.490 e. The van der Waals surface area contributed by atoms with E-state index < -0.39 is 0 Å². The second kappa shape index (κ2) is 9.34. The lowest BCUT2D eigenvalue weighted by Gasteiger charge is -2.38. The molecule has 1 aromatic carbocycles. The molecule has 0 bridgehead atoms. The van der Waals surface area contributed by atoms with Crippen LogP contribution in [0.1, 0.15) is 37.9 Å². The van der Waals surface area contributed by atoms with Crippen LogP contribution in [0.4, 0.5) is 0 Å². The summed E-state index contributed by atoms with van der Waals surface area (Å²) in [7, 11) is 0. The molecular weight excluding hydrogens is 360 g/mol. The summed E-state index contributed by atoms with van der Waals surface area (Å²) in [4.78, 5) is 30.1. The quantitative estimate of drug-likeness (QED) is 0.740. The maximum absolute atomic E-state index is 12.6. The summed E-state index contributed by atoms with van der Waals surface area (Å²) in [5, 5.41) is 3.84. The maximum atomic E-state index is 12.6. The van der Waals surface area contributed by atoms with E-state index in [1.165, 1.54) is 0 Å². The number of para-hydroxylation sites is 1. The predicted molar refractivity (Wildman–Crippen MR) is 101 cm³/mol. The lowest BCUT2D eigenvalue weighted by molar-refractivity contribution is -0.136. The van der Waals surface area contributed by atoms with Crippen molar-refractivity contribution in [2.75, 3.05) is 13.1 Å². The summed E-state index contributed by atoms with van der Waals surface area (Å²) < 4.78 is 11.2. The zero-order valence-electron chi connectivity index (χ0n) is 16.0. The lowest BCUT2D eigenvalue weighted by atomic mass is 9.91. The van der Waals surface area contributed by atoms with E-state index in [4.69, 9.17) is 15.0 Å². The Morgan fingerprint density at radius 2 is 2.11 bits per heavy atom. The Balaban J connectivity index is 1.57. The molecule has 8 nitrogen and oxygen atoms in total. The van der Waals surface area contributed by atoms with Crippen LogP contribution in [0.2, 0.25) is 0 Å². The molecule has 0 unspecified atom stereocenters. The second-order valence-electron chi connectivity index (χ2n) is 6.99. The number of nitrogens with zero attached hydrogens (tertiary/aromatic N) is 3. The Labute approximate surface area is 164 Å². The van der Waals surface area contributed by atoms with Crippen LogP contribution < -0.4 is 10.5 Å². The standard InChI is InChI=1S/C20H26N4O4/c1-2-18-22-19(28-23-18)8-9-20(26)24-11-10-16(14(13-24)12-17(21)25)27-15-6-4-3-5-7-15/h3-7,14,16H,2,8-13H2,1H3,(H2,21,25)/t14-,16-/m0/s1. The number of rotatable bonds is 8. The van der Waals surface area contributed by atoms with Gasteiger partial charge in [-0.1, -0.05) is 30.3 Å². The number of amides is 2. The van der Waals surface area contributed by atoms with Crippen LogP contribution in [0.5, 0.6) is 5.75 Å². The van der Waals surface area contributed by atoms with Gasteiger partial charge in [-0.15, -0.1) is 0 Å². The van der Waals surface area contributed by atoms with Crippen LogP contribution in [0.25, 0.3) is 0 Å². The Kier molecular flexibility index (Phi) is 6.62. The van der Waals surface area contributed by atoms with Crippen molar-refractivity contribution in [1.29, 1.82) is 0 Å². The number of primary amides is 1. The molecule has 1 fully saturated rings. The third-order valence-electron chi connectivity index (χ3n) is 4.89. The van der Waals surface area contributed by atoms with Gasteiger partial charge in [-0.05, 0) is 12.1 Å². The number of carbonyl (C=O) groups excluding carboxylic acids is 2. The molecule has 0 aliphatic carbocycles. The Morgan fingerprint density at radius 1 is 1.32 bits per heavy atom. The Morgan fingerprint density at radius 3 is 2.79 bits per heavy atom. The minimum absolute atomic E-state index is 0.00359. The van der Waals surface area contributed by atoms with E-state index in [9.17, 15) is 9.59 Å². The molecular formula is C20H26N4O4. The van der Waals surface area contributed by atoms with Crippen LogP contribution in [-0.4, -0.2) is 46.0 Å². The van der Waals surface area contributed by atoms with Crippen molar-refractivity contribution in [3.05, 3.63) is 42.0 Å². The first-order valence-corrected chi connectivity index (χ1v) is 9.64. The Bertz CT molecular complexity index is 793. The van der Waals surface area contributed by atoms with E-state index >= 15 is 0 Å². The molecule has 2 heterocycles. The van der Waals surface area contributed by atoms with Crippen molar-refractivity contribution in [2.45, 2.75) is 45.1 Å². The molecule has 3 rings (SSSR count). The zero-order chi connectivity index (χ0) is 19.9. The molecule has 0 saturated carbocycles. The highest BCUT2D eigenvalue weighted by Gasteiger charge is 2.33. The summed E-state index contributed by atoms with van der Waals surface area (Å²) >= 11 is 0. The molecule has 1 aliphatic rings. The minimum Gasteiger partial charge on any atom is -0.490 e. The first-order chi connectivity index (χ1) is 13.5. The van der Waals surface area contributed by atoms with Crippen LogP contribution in [0.3, 0.4) is 0 Å². The number of nitrogens with two attached hydrogens (primary N) is 1. The summed E-state index contributed by atoms with van der Waals surface area (Å²) in [5.41, 5.74) is 5.43. The highest BCUT2D eigenvalue weighted by Crippen LogP contribution is 2.26. The zero-order valence-corrected chi connectivity index (χ0v) is 16.0. The van der Waals surface area contributed by atoms with Crippen molar-refractivity contribution in [3.8, 4) is 5.75 Å². The predicted octanol–water partition coefficient (Wildman–Crippen LogP) is 1.74. The summed E-state index contributed by atoms with van der Waals surface area (Å²) in [6.07, 6.45) is 2.08. The van der Waals surface area contributed by atoms with Gasteiger partial charge in [-0.2, -0.15) is 4.98 Å². The second-order valence-corrected chi connectivity index (χ2v) is 6.99. The highest BCUT2D eigenvalue weighted by molar-refractivity contribution is 5.77. The van der Waals surface area contributed by atoms with E-state index in [-0.39, 0.29) is 30.3 Å². The smallest absolute Gasteiger partial charge is 0.227 e. The van der Waals surface area contributed by atoms with Crippen molar-refractivity contribution in [3.63, 3.8) is 0 Å². The molecule has 28 heavy (non-hydrogen) atoms. The number of piperidine rings is 1. The van der Waals surface area contributed by atoms with E-state index in [1.807, 2.05) is 37.3 Å². The van der Waals surface area contributed by atoms with Crippen LogP contribution in [0, 0.1) is 5.92 Å².